The van der Waals surface area contributed by atoms with E-state index >= 15 is 0 Å². The number of benzene rings is 2. The van der Waals surface area contributed by atoms with Crippen LogP contribution in [-0.2, 0) is 4.79 Å². The van der Waals surface area contributed by atoms with Gasteiger partial charge in [0, 0.05) is 24.6 Å². The molecule has 9 nitrogen and oxygen atoms in total. The lowest BCUT2D eigenvalue weighted by atomic mass is 10.1. The third-order valence-corrected chi connectivity index (χ3v) is 5.22. The van der Waals surface area contributed by atoms with Gasteiger partial charge in [0.15, 0.2) is 11.5 Å². The SMILES string of the molecule is COc1ccc(OC)c(N2C[C@@H](c3nc(-c4ccc5c(c4)OCO5)no3)CC2=O)c1. The maximum atomic E-state index is 12.7. The Labute approximate surface area is 172 Å². The normalized spacial score (nSPS) is 17.5. The van der Waals surface area contributed by atoms with Gasteiger partial charge in [-0.2, -0.15) is 4.98 Å². The minimum Gasteiger partial charge on any atom is -0.497 e. The van der Waals surface area contributed by atoms with E-state index in [2.05, 4.69) is 10.1 Å². The number of amides is 1. The van der Waals surface area contributed by atoms with Gasteiger partial charge in [0.25, 0.3) is 0 Å². The van der Waals surface area contributed by atoms with E-state index in [1.165, 1.54) is 0 Å². The zero-order valence-electron chi connectivity index (χ0n) is 16.5. The molecule has 30 heavy (non-hydrogen) atoms. The molecule has 3 heterocycles. The second-order valence-electron chi connectivity index (χ2n) is 6.97. The Morgan fingerprint density at radius 1 is 1.07 bits per heavy atom. The largest absolute Gasteiger partial charge is 0.497 e. The summed E-state index contributed by atoms with van der Waals surface area (Å²) in [5.41, 5.74) is 1.41. The van der Waals surface area contributed by atoms with Gasteiger partial charge in [-0.1, -0.05) is 5.16 Å². The van der Waals surface area contributed by atoms with Gasteiger partial charge in [-0.25, -0.2) is 0 Å². The van der Waals surface area contributed by atoms with Crippen LogP contribution in [0.15, 0.2) is 40.9 Å². The van der Waals surface area contributed by atoms with Crippen molar-refractivity contribution in [2.75, 3.05) is 32.5 Å². The monoisotopic (exact) mass is 409 g/mol. The Kier molecular flexibility index (Phi) is 4.42. The lowest BCUT2D eigenvalue weighted by Gasteiger charge is -2.20. The van der Waals surface area contributed by atoms with Crippen molar-refractivity contribution >= 4 is 11.6 Å². The highest BCUT2D eigenvalue weighted by Crippen LogP contribution is 2.39. The average Bonchev–Trinajstić information content (AvgIpc) is 3.51. The zero-order valence-corrected chi connectivity index (χ0v) is 16.5. The highest BCUT2D eigenvalue weighted by Gasteiger charge is 2.36. The highest BCUT2D eigenvalue weighted by atomic mass is 16.7. The Morgan fingerprint density at radius 2 is 1.93 bits per heavy atom. The lowest BCUT2D eigenvalue weighted by Crippen LogP contribution is -2.24. The van der Waals surface area contributed by atoms with Gasteiger partial charge in [-0.3, -0.25) is 4.79 Å². The number of carbonyl (C=O) groups is 1. The molecule has 0 N–H and O–H groups in total. The minimum atomic E-state index is -0.219. The number of rotatable bonds is 5. The van der Waals surface area contributed by atoms with E-state index in [1.807, 2.05) is 18.2 Å². The van der Waals surface area contributed by atoms with E-state index in [9.17, 15) is 4.79 Å². The van der Waals surface area contributed by atoms with Crippen LogP contribution < -0.4 is 23.8 Å². The molecule has 5 rings (SSSR count). The topological polar surface area (TPSA) is 96.2 Å². The maximum absolute atomic E-state index is 12.7. The van der Waals surface area contributed by atoms with Crippen molar-refractivity contribution in [3.8, 4) is 34.4 Å². The molecule has 1 amide bonds. The standard InChI is InChI=1S/C21H19N3O6/c1-26-14-4-6-16(27-2)15(9-14)24-10-13(8-19(24)25)21-22-20(23-30-21)12-3-5-17-18(7-12)29-11-28-17/h3-7,9,13H,8,10-11H2,1-2H3/t13-/m0/s1. The first kappa shape index (κ1) is 18.3. The first-order valence-electron chi connectivity index (χ1n) is 9.42. The van der Waals surface area contributed by atoms with Crippen LogP contribution in [0, 0.1) is 0 Å². The van der Waals surface area contributed by atoms with Gasteiger partial charge >= 0.3 is 0 Å². The molecule has 0 aliphatic carbocycles. The van der Waals surface area contributed by atoms with Gasteiger partial charge in [-0.05, 0) is 30.3 Å². The summed E-state index contributed by atoms with van der Waals surface area (Å²) in [5, 5.41) is 4.08. The third-order valence-electron chi connectivity index (χ3n) is 5.22. The maximum Gasteiger partial charge on any atom is 0.232 e. The van der Waals surface area contributed by atoms with Crippen LogP contribution in [0.4, 0.5) is 5.69 Å². The number of methoxy groups -OCH3 is 2. The van der Waals surface area contributed by atoms with Crippen molar-refractivity contribution in [1.29, 1.82) is 0 Å². The Balaban J connectivity index is 1.39. The number of nitrogens with zero attached hydrogens (tertiary/aromatic N) is 3. The van der Waals surface area contributed by atoms with Crippen LogP contribution in [0.3, 0.4) is 0 Å². The predicted molar refractivity (Wildman–Crippen MR) is 105 cm³/mol. The number of anilines is 1. The summed E-state index contributed by atoms with van der Waals surface area (Å²) >= 11 is 0. The molecule has 0 unspecified atom stereocenters. The molecule has 1 aromatic heterocycles. The van der Waals surface area contributed by atoms with Gasteiger partial charge in [-0.15, -0.1) is 0 Å². The molecule has 0 saturated carbocycles. The summed E-state index contributed by atoms with van der Waals surface area (Å²) in [6.07, 6.45) is 0.267. The summed E-state index contributed by atoms with van der Waals surface area (Å²) < 4.78 is 26.9. The molecule has 1 saturated heterocycles. The predicted octanol–water partition coefficient (Wildman–Crippen LogP) is 3.00. The fraction of sp³-hybridized carbons (Fsp3) is 0.286. The second-order valence-corrected chi connectivity index (χ2v) is 6.97. The van der Waals surface area contributed by atoms with Crippen LogP contribution in [0.1, 0.15) is 18.2 Å². The summed E-state index contributed by atoms with van der Waals surface area (Å²) in [6, 6.07) is 10.8. The Hall–Kier alpha value is -3.75. The van der Waals surface area contributed by atoms with E-state index in [4.69, 9.17) is 23.5 Å². The quantitative estimate of drug-likeness (QED) is 0.635. The smallest absolute Gasteiger partial charge is 0.232 e. The van der Waals surface area contributed by atoms with E-state index in [1.54, 1.807) is 37.3 Å². The summed E-state index contributed by atoms with van der Waals surface area (Å²) in [4.78, 5) is 18.9. The number of ether oxygens (including phenoxy) is 4. The molecule has 2 aliphatic heterocycles. The molecular weight excluding hydrogens is 390 g/mol. The molecule has 9 heteroatoms. The molecule has 1 atom stereocenters. The van der Waals surface area contributed by atoms with Crippen molar-refractivity contribution in [2.45, 2.75) is 12.3 Å². The number of carbonyl (C=O) groups excluding carboxylic acids is 1. The van der Waals surface area contributed by atoms with Crippen LogP contribution in [-0.4, -0.2) is 43.6 Å². The van der Waals surface area contributed by atoms with E-state index in [0.29, 0.717) is 46.9 Å². The molecule has 154 valence electrons. The average molecular weight is 409 g/mol. The molecule has 3 aromatic rings. The minimum absolute atomic E-state index is 0.0469. The van der Waals surface area contributed by atoms with Crippen molar-refractivity contribution in [1.82, 2.24) is 10.1 Å². The van der Waals surface area contributed by atoms with Crippen LogP contribution >= 0.6 is 0 Å². The second kappa shape index (κ2) is 7.25. The van der Waals surface area contributed by atoms with Crippen LogP contribution in [0.25, 0.3) is 11.4 Å². The molecule has 0 spiro atoms. The lowest BCUT2D eigenvalue weighted by molar-refractivity contribution is -0.117. The molecule has 2 aromatic carbocycles. The first-order chi connectivity index (χ1) is 14.7. The molecule has 2 aliphatic rings. The van der Waals surface area contributed by atoms with E-state index in [-0.39, 0.29) is 25.0 Å². The summed E-state index contributed by atoms with van der Waals surface area (Å²) in [5.74, 6) is 3.16. The molecule has 0 bridgehead atoms. The number of aromatic nitrogens is 2. The van der Waals surface area contributed by atoms with Gasteiger partial charge in [0.05, 0.1) is 25.8 Å². The van der Waals surface area contributed by atoms with Crippen molar-refractivity contribution in [2.24, 2.45) is 0 Å². The van der Waals surface area contributed by atoms with Gasteiger partial charge in [0.2, 0.25) is 24.4 Å². The fourth-order valence-electron chi connectivity index (χ4n) is 3.67. The zero-order chi connectivity index (χ0) is 20.7. The Bertz CT molecular complexity index is 1110. The first-order valence-corrected chi connectivity index (χ1v) is 9.42. The molecule has 1 fully saturated rings. The van der Waals surface area contributed by atoms with Crippen LogP contribution in [0.5, 0.6) is 23.0 Å². The number of hydrogen-bond acceptors (Lipinski definition) is 8. The van der Waals surface area contributed by atoms with Crippen molar-refractivity contribution in [3.05, 3.63) is 42.3 Å². The highest BCUT2D eigenvalue weighted by molar-refractivity contribution is 5.98. The third kappa shape index (κ3) is 3.08. The summed E-state index contributed by atoms with van der Waals surface area (Å²) in [6.45, 7) is 0.606. The van der Waals surface area contributed by atoms with Gasteiger partial charge < -0.3 is 28.4 Å². The molecule has 0 radical (unpaired) electrons. The Morgan fingerprint density at radius 3 is 2.77 bits per heavy atom. The number of hydrogen-bond donors (Lipinski definition) is 0. The van der Waals surface area contributed by atoms with Crippen molar-refractivity contribution < 1.29 is 28.3 Å². The number of fused-ring (bicyclic) bond motifs is 1. The summed E-state index contributed by atoms with van der Waals surface area (Å²) in [7, 11) is 3.15. The fourth-order valence-corrected chi connectivity index (χ4v) is 3.67. The van der Waals surface area contributed by atoms with Crippen molar-refractivity contribution in [3.63, 3.8) is 0 Å². The molecular formula is C21H19N3O6. The van der Waals surface area contributed by atoms with Gasteiger partial charge in [0.1, 0.15) is 11.5 Å². The van der Waals surface area contributed by atoms with E-state index in [0.717, 1.165) is 5.56 Å². The van der Waals surface area contributed by atoms with Crippen LogP contribution in [0.2, 0.25) is 0 Å². The van der Waals surface area contributed by atoms with E-state index < -0.39 is 0 Å².